The third kappa shape index (κ3) is 7.21. The number of hydrogen-bond donors (Lipinski definition) is 2. The first-order chi connectivity index (χ1) is 17.9. The van der Waals surface area contributed by atoms with E-state index < -0.39 is 42.4 Å². The second kappa shape index (κ2) is 13.6. The highest BCUT2D eigenvalue weighted by Gasteiger charge is 2.51. The van der Waals surface area contributed by atoms with Gasteiger partial charge in [0, 0.05) is 26.3 Å². The number of carbonyl (C=O) groups excluding carboxylic acids is 3. The number of nitrogens with one attached hydrogen (secondary N) is 1. The zero-order valence-corrected chi connectivity index (χ0v) is 21.2. The number of hydrogen-bond acceptors (Lipinski definition) is 6. The molecular weight excluding hydrogens is 478 g/mol. The van der Waals surface area contributed by atoms with Gasteiger partial charge in [0.05, 0.1) is 26.1 Å². The predicted molar refractivity (Wildman–Crippen MR) is 135 cm³/mol. The average molecular weight is 514 g/mol. The number of carboxylic acid groups (broad SMARTS) is 1. The van der Waals surface area contributed by atoms with Crippen LogP contribution in [0, 0.1) is 12.3 Å². The van der Waals surface area contributed by atoms with Crippen LogP contribution in [0.5, 0.6) is 0 Å². The molecule has 2 N–H and O–H groups in total. The molecule has 2 aliphatic heterocycles. The minimum Gasteiger partial charge on any atom is -0.481 e. The highest BCUT2D eigenvalue weighted by molar-refractivity contribution is 5.93. The third-order valence-electron chi connectivity index (χ3n) is 6.33. The number of terminal acetylenes is 1. The van der Waals surface area contributed by atoms with Gasteiger partial charge in [-0.3, -0.25) is 14.4 Å². The average Bonchev–Trinajstić information content (AvgIpc) is 2.87. The molecular formula is C26H35N5O6. The monoisotopic (exact) mass is 513 g/mol. The highest BCUT2D eigenvalue weighted by Crippen LogP contribution is 2.28. The number of amides is 4. The molecule has 11 nitrogen and oxygen atoms in total. The quantitative estimate of drug-likeness (QED) is 0.317. The van der Waals surface area contributed by atoms with Crippen LogP contribution < -0.4 is 5.32 Å². The van der Waals surface area contributed by atoms with Crippen LogP contribution in [0.4, 0.5) is 4.79 Å². The van der Waals surface area contributed by atoms with Crippen molar-refractivity contribution < 1.29 is 29.0 Å². The van der Waals surface area contributed by atoms with E-state index in [0.29, 0.717) is 26.2 Å². The van der Waals surface area contributed by atoms with E-state index in [-0.39, 0.29) is 26.2 Å². The summed E-state index contributed by atoms with van der Waals surface area (Å²) < 4.78 is 5.60. The molecule has 2 aliphatic rings. The summed E-state index contributed by atoms with van der Waals surface area (Å²) in [5.41, 5.74) is 0.886. The fourth-order valence-electron chi connectivity index (χ4n) is 4.56. The van der Waals surface area contributed by atoms with Gasteiger partial charge in [-0.2, -0.15) is 5.01 Å². The molecule has 2 heterocycles. The number of carbonyl (C=O) groups is 4. The lowest BCUT2D eigenvalue weighted by molar-refractivity contribution is -0.190. The van der Waals surface area contributed by atoms with E-state index in [1.165, 1.54) is 19.8 Å². The van der Waals surface area contributed by atoms with Gasteiger partial charge in [-0.05, 0) is 18.4 Å². The number of rotatable bonds is 12. The molecule has 200 valence electrons. The van der Waals surface area contributed by atoms with Crippen molar-refractivity contribution in [2.75, 3.05) is 39.4 Å². The molecule has 37 heavy (non-hydrogen) atoms. The number of urea groups is 1. The second-order valence-electron chi connectivity index (χ2n) is 9.01. The van der Waals surface area contributed by atoms with E-state index in [1.54, 1.807) is 0 Å². The van der Waals surface area contributed by atoms with Crippen molar-refractivity contribution in [3.05, 3.63) is 35.9 Å². The standard InChI is InChI=1S/C26H35N5O6/c1-3-5-14-37-15-9-13-28-18-22-30(21(25(28)35)16-24(33)34)23(32)19-29(12-4-2)31(22)26(36)27-17-20-10-7-6-8-11-20/h2,6-8,10-11,21-22H,3,5,9,12-19H2,1H3,(H,27,36)(H,33,34)/t21-,22-/m0/s1. The van der Waals surface area contributed by atoms with Crippen LogP contribution in [0.15, 0.2) is 30.3 Å². The van der Waals surface area contributed by atoms with Crippen molar-refractivity contribution in [3.8, 4) is 12.3 Å². The Kier molecular flexibility index (Phi) is 10.3. The summed E-state index contributed by atoms with van der Waals surface area (Å²) in [7, 11) is 0. The van der Waals surface area contributed by atoms with Crippen LogP contribution in [0.1, 0.15) is 38.2 Å². The van der Waals surface area contributed by atoms with E-state index in [4.69, 9.17) is 11.2 Å². The van der Waals surface area contributed by atoms with Crippen molar-refractivity contribution in [1.82, 2.24) is 25.1 Å². The lowest BCUT2D eigenvalue weighted by Crippen LogP contribution is -2.76. The first-order valence-electron chi connectivity index (χ1n) is 12.6. The van der Waals surface area contributed by atoms with E-state index in [9.17, 15) is 24.3 Å². The van der Waals surface area contributed by atoms with Crippen molar-refractivity contribution in [3.63, 3.8) is 0 Å². The molecule has 0 aromatic heterocycles. The molecule has 11 heteroatoms. The summed E-state index contributed by atoms with van der Waals surface area (Å²) in [4.78, 5) is 54.2. The lowest BCUT2D eigenvalue weighted by Gasteiger charge is -2.54. The largest absolute Gasteiger partial charge is 0.481 e. The maximum atomic E-state index is 13.4. The van der Waals surface area contributed by atoms with Crippen molar-refractivity contribution in [1.29, 1.82) is 0 Å². The number of benzene rings is 1. The van der Waals surface area contributed by atoms with Gasteiger partial charge in [0.25, 0.3) is 0 Å². The Hall–Kier alpha value is -3.62. The minimum atomic E-state index is -1.22. The van der Waals surface area contributed by atoms with E-state index in [0.717, 1.165) is 18.4 Å². The van der Waals surface area contributed by atoms with Gasteiger partial charge in [0.15, 0.2) is 0 Å². The molecule has 2 fully saturated rings. The summed E-state index contributed by atoms with van der Waals surface area (Å²) in [5.74, 6) is 0.371. The van der Waals surface area contributed by atoms with Gasteiger partial charge in [-0.15, -0.1) is 6.42 Å². The number of nitrogens with zero attached hydrogens (tertiary/aromatic N) is 4. The van der Waals surface area contributed by atoms with Crippen LogP contribution >= 0.6 is 0 Å². The molecule has 1 aromatic carbocycles. The van der Waals surface area contributed by atoms with Crippen LogP contribution in [-0.2, 0) is 25.7 Å². The Morgan fingerprint density at radius 1 is 1.19 bits per heavy atom. The SMILES string of the molecule is C#CCN1CC(=O)N2[C@@H](CC(=O)O)C(=O)N(CCCOCCCC)C[C@@H]2N1C(=O)NCc1ccccc1. The Labute approximate surface area is 217 Å². The lowest BCUT2D eigenvalue weighted by atomic mass is 10.0. The highest BCUT2D eigenvalue weighted by atomic mass is 16.5. The minimum absolute atomic E-state index is 0.00233. The summed E-state index contributed by atoms with van der Waals surface area (Å²) in [6, 6.07) is 7.63. The number of ether oxygens (including phenoxy) is 1. The maximum absolute atomic E-state index is 13.4. The number of unbranched alkanes of at least 4 members (excludes halogenated alkanes) is 1. The van der Waals surface area contributed by atoms with Crippen LogP contribution in [-0.4, -0.2) is 100 Å². The normalized spacial score (nSPS) is 19.9. The van der Waals surface area contributed by atoms with Crippen LogP contribution in [0.25, 0.3) is 0 Å². The molecule has 0 bridgehead atoms. The summed E-state index contributed by atoms with van der Waals surface area (Å²) >= 11 is 0. The van der Waals surface area contributed by atoms with Crippen molar-refractivity contribution in [2.45, 2.75) is 51.4 Å². The predicted octanol–water partition coefficient (Wildman–Crippen LogP) is 1.11. The molecule has 0 saturated carbocycles. The number of piperazine rings is 1. The van der Waals surface area contributed by atoms with Gasteiger partial charge in [0.2, 0.25) is 11.8 Å². The molecule has 4 amide bonds. The van der Waals surface area contributed by atoms with Gasteiger partial charge in [-0.1, -0.05) is 49.6 Å². The van der Waals surface area contributed by atoms with E-state index in [1.807, 2.05) is 30.3 Å². The van der Waals surface area contributed by atoms with E-state index >= 15 is 0 Å². The Bertz CT molecular complexity index is 997. The van der Waals surface area contributed by atoms with Crippen molar-refractivity contribution in [2.24, 2.45) is 0 Å². The van der Waals surface area contributed by atoms with Gasteiger partial charge in [0.1, 0.15) is 12.2 Å². The molecule has 0 unspecified atom stereocenters. The Morgan fingerprint density at radius 2 is 1.92 bits per heavy atom. The zero-order valence-electron chi connectivity index (χ0n) is 21.2. The molecule has 0 radical (unpaired) electrons. The van der Waals surface area contributed by atoms with Gasteiger partial charge < -0.3 is 25.0 Å². The topological polar surface area (TPSA) is 123 Å². The maximum Gasteiger partial charge on any atom is 0.334 e. The first-order valence-corrected chi connectivity index (χ1v) is 12.6. The first kappa shape index (κ1) is 28.0. The molecule has 3 rings (SSSR count). The fourth-order valence-corrected chi connectivity index (χ4v) is 4.56. The molecule has 1 aromatic rings. The third-order valence-corrected chi connectivity index (χ3v) is 6.33. The van der Waals surface area contributed by atoms with Gasteiger partial charge >= 0.3 is 12.0 Å². The number of carboxylic acids is 1. The van der Waals surface area contributed by atoms with Crippen molar-refractivity contribution >= 4 is 23.8 Å². The molecule has 2 saturated heterocycles. The van der Waals surface area contributed by atoms with Crippen LogP contribution in [0.3, 0.4) is 0 Å². The molecule has 0 aliphatic carbocycles. The second-order valence-corrected chi connectivity index (χ2v) is 9.01. The van der Waals surface area contributed by atoms with Crippen LogP contribution in [0.2, 0.25) is 0 Å². The zero-order chi connectivity index (χ0) is 26.8. The summed E-state index contributed by atoms with van der Waals surface area (Å²) in [6.45, 7) is 3.51. The number of hydrazine groups is 1. The molecule has 0 spiro atoms. The van der Waals surface area contributed by atoms with E-state index in [2.05, 4.69) is 18.2 Å². The Morgan fingerprint density at radius 3 is 2.59 bits per heavy atom. The number of aliphatic carboxylic acids is 1. The number of fused-ring (bicyclic) bond motifs is 1. The summed E-state index contributed by atoms with van der Waals surface area (Å²) in [5, 5.41) is 15.2. The summed E-state index contributed by atoms with van der Waals surface area (Å²) in [6.07, 6.45) is 6.58. The molecule has 2 atom stereocenters. The van der Waals surface area contributed by atoms with Gasteiger partial charge in [-0.25, -0.2) is 9.80 Å². The fraction of sp³-hybridized carbons (Fsp3) is 0.538. The Balaban J connectivity index is 1.82. The smallest absolute Gasteiger partial charge is 0.334 e.